The monoisotopic (exact) mass is 461 g/mol. The van der Waals surface area contributed by atoms with Crippen LogP contribution in [0.5, 0.6) is 0 Å². The van der Waals surface area contributed by atoms with Crippen LogP contribution in [0.25, 0.3) is 26.4 Å². The molecule has 8 heteroatoms. The van der Waals surface area contributed by atoms with Crippen LogP contribution in [0.15, 0.2) is 48.7 Å². The summed E-state index contributed by atoms with van der Waals surface area (Å²) in [5.74, 6) is 0.304. The molecule has 0 bridgehead atoms. The maximum atomic E-state index is 12.9. The van der Waals surface area contributed by atoms with Crippen LogP contribution in [-0.2, 0) is 0 Å². The Morgan fingerprint density at radius 1 is 1.12 bits per heavy atom. The van der Waals surface area contributed by atoms with Gasteiger partial charge in [0.25, 0.3) is 11.8 Å². The van der Waals surface area contributed by atoms with E-state index in [0.29, 0.717) is 23.6 Å². The first kappa shape index (κ1) is 21.6. The van der Waals surface area contributed by atoms with Gasteiger partial charge in [0.2, 0.25) is 0 Å². The normalized spacial score (nSPS) is 15.2. The Balaban J connectivity index is 1.38. The lowest BCUT2D eigenvalue weighted by molar-refractivity contribution is 0.0922. The molecule has 2 aromatic heterocycles. The van der Waals surface area contributed by atoms with E-state index in [2.05, 4.69) is 10.6 Å². The van der Waals surface area contributed by atoms with Crippen molar-refractivity contribution in [2.45, 2.75) is 31.7 Å². The topological polar surface area (TPSA) is 102 Å². The number of aromatic nitrogens is 2. The van der Waals surface area contributed by atoms with Crippen LogP contribution in [-0.4, -0.2) is 40.8 Å². The van der Waals surface area contributed by atoms with Gasteiger partial charge in [-0.25, -0.2) is 4.98 Å². The highest BCUT2D eigenvalue weighted by Gasteiger charge is 2.25. The Hall–Kier alpha value is -3.23. The standard InChI is InChI=1S/C25H27N5O2S/c1-27-23(31)17-8-6-16(7-9-17)20-14-30-21-11-10-18(12-22(21)33-25(30)29-20)24(32)28-19(13-26)15-4-2-3-5-15/h6-12,14-15,19H,2-5,13,26H2,1H3,(H,27,31)(H,28,32)/t19-/m0/s1. The molecule has 0 aliphatic heterocycles. The zero-order valence-corrected chi connectivity index (χ0v) is 19.3. The van der Waals surface area contributed by atoms with Gasteiger partial charge >= 0.3 is 0 Å². The van der Waals surface area contributed by atoms with Gasteiger partial charge in [0.1, 0.15) is 0 Å². The SMILES string of the molecule is CNC(=O)c1ccc(-c2cn3c(n2)sc2cc(C(=O)N[C@@H](CN)C4CCCC4)ccc23)cc1. The highest BCUT2D eigenvalue weighted by atomic mass is 32.1. The molecule has 5 rings (SSSR count). The lowest BCUT2D eigenvalue weighted by Crippen LogP contribution is -2.44. The number of nitrogens with two attached hydrogens (primary N) is 1. The van der Waals surface area contributed by atoms with Crippen LogP contribution < -0.4 is 16.4 Å². The van der Waals surface area contributed by atoms with Crippen LogP contribution >= 0.6 is 11.3 Å². The lowest BCUT2D eigenvalue weighted by atomic mass is 9.98. The van der Waals surface area contributed by atoms with Gasteiger partial charge in [-0.3, -0.25) is 14.0 Å². The molecule has 1 fully saturated rings. The van der Waals surface area contributed by atoms with Gasteiger partial charge in [-0.15, -0.1) is 0 Å². The highest BCUT2D eigenvalue weighted by Crippen LogP contribution is 2.31. The van der Waals surface area contributed by atoms with Gasteiger partial charge in [-0.1, -0.05) is 36.3 Å². The Morgan fingerprint density at radius 3 is 2.55 bits per heavy atom. The molecule has 1 saturated carbocycles. The largest absolute Gasteiger partial charge is 0.355 e. The number of benzene rings is 2. The first-order chi connectivity index (χ1) is 16.1. The van der Waals surface area contributed by atoms with Gasteiger partial charge in [-0.2, -0.15) is 0 Å². The van der Waals surface area contributed by atoms with Gasteiger partial charge in [-0.05, 0) is 49.1 Å². The molecular weight excluding hydrogens is 434 g/mol. The minimum atomic E-state index is -0.112. The number of hydrogen-bond acceptors (Lipinski definition) is 5. The third kappa shape index (κ3) is 4.12. The summed E-state index contributed by atoms with van der Waals surface area (Å²) in [6, 6.07) is 13.2. The van der Waals surface area contributed by atoms with Crippen molar-refractivity contribution in [2.75, 3.05) is 13.6 Å². The number of carbonyl (C=O) groups is 2. The van der Waals surface area contributed by atoms with Gasteiger partial charge in [0.15, 0.2) is 4.96 Å². The minimum Gasteiger partial charge on any atom is -0.355 e. The van der Waals surface area contributed by atoms with E-state index in [0.717, 1.165) is 39.3 Å². The van der Waals surface area contributed by atoms with Crippen LogP contribution in [0, 0.1) is 5.92 Å². The summed E-state index contributed by atoms with van der Waals surface area (Å²) in [6.45, 7) is 0.471. The van der Waals surface area contributed by atoms with E-state index >= 15 is 0 Å². The molecule has 1 aliphatic carbocycles. The van der Waals surface area contributed by atoms with Crippen molar-refractivity contribution in [3.05, 3.63) is 59.8 Å². The number of fused-ring (bicyclic) bond motifs is 3. The van der Waals surface area contributed by atoms with Crippen molar-refractivity contribution in [3.8, 4) is 11.3 Å². The second kappa shape index (κ2) is 8.96. The van der Waals surface area contributed by atoms with E-state index in [1.807, 2.05) is 40.9 Å². The molecule has 1 aliphatic rings. The predicted molar refractivity (Wildman–Crippen MR) is 132 cm³/mol. The number of thiazole rings is 1. The summed E-state index contributed by atoms with van der Waals surface area (Å²) in [4.78, 5) is 30.3. The van der Waals surface area contributed by atoms with E-state index in [1.54, 1.807) is 30.5 Å². The fraction of sp³-hybridized carbons (Fsp3) is 0.320. The van der Waals surface area contributed by atoms with E-state index in [4.69, 9.17) is 10.7 Å². The van der Waals surface area contributed by atoms with Crippen LogP contribution in [0.4, 0.5) is 0 Å². The molecular formula is C25H27N5O2S. The lowest BCUT2D eigenvalue weighted by Gasteiger charge is -2.23. The molecule has 2 aromatic carbocycles. The molecule has 0 radical (unpaired) electrons. The van der Waals surface area contributed by atoms with Gasteiger partial charge < -0.3 is 16.4 Å². The van der Waals surface area contributed by atoms with E-state index in [-0.39, 0.29) is 17.9 Å². The number of nitrogens with one attached hydrogen (secondary N) is 2. The highest BCUT2D eigenvalue weighted by molar-refractivity contribution is 7.23. The van der Waals surface area contributed by atoms with Crippen molar-refractivity contribution < 1.29 is 9.59 Å². The number of imidazole rings is 1. The zero-order chi connectivity index (χ0) is 22.9. The second-order valence-electron chi connectivity index (χ2n) is 8.58. The molecule has 0 unspecified atom stereocenters. The summed E-state index contributed by atoms with van der Waals surface area (Å²) in [5, 5.41) is 5.78. The molecule has 7 nitrogen and oxygen atoms in total. The summed E-state index contributed by atoms with van der Waals surface area (Å²) in [5.41, 5.74) is 10.0. The fourth-order valence-corrected chi connectivity index (χ4v) is 5.75. The zero-order valence-electron chi connectivity index (χ0n) is 18.5. The predicted octanol–water partition coefficient (Wildman–Crippen LogP) is 3.82. The molecule has 1 atom stereocenters. The Bertz CT molecular complexity index is 1320. The average Bonchev–Trinajstić information content (AvgIpc) is 3.58. The van der Waals surface area contributed by atoms with Crippen LogP contribution in [0.2, 0.25) is 0 Å². The van der Waals surface area contributed by atoms with E-state index in [1.165, 1.54) is 12.8 Å². The number of rotatable bonds is 6. The summed E-state index contributed by atoms with van der Waals surface area (Å²) in [7, 11) is 1.62. The van der Waals surface area contributed by atoms with Crippen LogP contribution in [0.3, 0.4) is 0 Å². The van der Waals surface area contributed by atoms with Crippen molar-refractivity contribution in [2.24, 2.45) is 11.7 Å². The number of nitrogens with zero attached hydrogens (tertiary/aromatic N) is 2. The fourth-order valence-electron chi connectivity index (χ4n) is 4.70. The van der Waals surface area contributed by atoms with Crippen molar-refractivity contribution >= 4 is 38.3 Å². The molecule has 2 amide bonds. The maximum absolute atomic E-state index is 12.9. The number of amides is 2. The van der Waals surface area contributed by atoms with Gasteiger partial charge in [0, 0.05) is 42.5 Å². The Labute approximate surface area is 196 Å². The quantitative estimate of drug-likeness (QED) is 0.406. The molecule has 0 spiro atoms. The van der Waals surface area contributed by atoms with E-state index in [9.17, 15) is 9.59 Å². The number of carbonyl (C=O) groups excluding carboxylic acids is 2. The van der Waals surface area contributed by atoms with Gasteiger partial charge in [0.05, 0.1) is 15.9 Å². The summed E-state index contributed by atoms with van der Waals surface area (Å²) in [6.07, 6.45) is 6.71. The maximum Gasteiger partial charge on any atom is 0.251 e. The van der Waals surface area contributed by atoms with Crippen molar-refractivity contribution in [3.63, 3.8) is 0 Å². The number of hydrogen-bond donors (Lipinski definition) is 3. The first-order valence-corrected chi connectivity index (χ1v) is 12.1. The van der Waals surface area contributed by atoms with Crippen LogP contribution in [0.1, 0.15) is 46.4 Å². The molecule has 170 valence electrons. The smallest absolute Gasteiger partial charge is 0.251 e. The molecule has 4 aromatic rings. The third-order valence-corrected chi connectivity index (χ3v) is 7.58. The summed E-state index contributed by atoms with van der Waals surface area (Å²) >= 11 is 1.55. The summed E-state index contributed by atoms with van der Waals surface area (Å²) < 4.78 is 3.06. The molecule has 4 N–H and O–H groups in total. The van der Waals surface area contributed by atoms with Crippen molar-refractivity contribution in [1.29, 1.82) is 0 Å². The Kier molecular flexibility index (Phi) is 5.86. The Morgan fingerprint density at radius 2 is 1.85 bits per heavy atom. The first-order valence-electron chi connectivity index (χ1n) is 11.3. The molecule has 33 heavy (non-hydrogen) atoms. The molecule has 0 saturated heterocycles. The average molecular weight is 462 g/mol. The second-order valence-corrected chi connectivity index (χ2v) is 9.59. The third-order valence-electron chi connectivity index (χ3n) is 6.57. The molecule has 2 heterocycles. The van der Waals surface area contributed by atoms with Crippen molar-refractivity contribution in [1.82, 2.24) is 20.0 Å². The van der Waals surface area contributed by atoms with E-state index < -0.39 is 0 Å². The minimum absolute atomic E-state index is 0.0358.